The number of allylic oxidation sites excluding steroid dienone is 1. The number of rotatable bonds is 6. The summed E-state index contributed by atoms with van der Waals surface area (Å²) in [5, 5.41) is 11.6. The van der Waals surface area contributed by atoms with Gasteiger partial charge in [-0.25, -0.2) is 0 Å². The number of aryl methyl sites for hydroxylation is 1. The predicted molar refractivity (Wildman–Crippen MR) is 176 cm³/mol. The van der Waals surface area contributed by atoms with Gasteiger partial charge in [0.15, 0.2) is 0 Å². The minimum Gasteiger partial charge on any atom is -0.279 e. The smallest absolute Gasteiger partial charge is 0.0870 e. The number of benzene rings is 5. The first-order valence-electron chi connectivity index (χ1n) is 14.7. The van der Waals surface area contributed by atoms with E-state index in [0.717, 1.165) is 12.8 Å². The van der Waals surface area contributed by atoms with Crippen LogP contribution < -0.4 is 16.0 Å². The van der Waals surface area contributed by atoms with Crippen molar-refractivity contribution in [3.8, 4) is 11.1 Å². The third-order valence-corrected chi connectivity index (χ3v) is 9.22. The average Bonchev–Trinajstić information content (AvgIpc) is 3.08. The summed E-state index contributed by atoms with van der Waals surface area (Å²) in [6, 6.07) is 46.1. The maximum atomic E-state index is 3.90. The van der Waals surface area contributed by atoms with Crippen LogP contribution in [-0.4, -0.2) is 6.26 Å². The highest BCUT2D eigenvalue weighted by atomic mass is 32.2. The van der Waals surface area contributed by atoms with Gasteiger partial charge in [-0.15, -0.1) is 11.8 Å². The summed E-state index contributed by atoms with van der Waals surface area (Å²) >= 11 is 1.79. The molecule has 1 aliphatic heterocycles. The molecule has 0 radical (unpaired) electrons. The Morgan fingerprint density at radius 1 is 0.548 bits per heavy atom. The van der Waals surface area contributed by atoms with Gasteiger partial charge in [0.05, 0.1) is 18.5 Å². The van der Waals surface area contributed by atoms with E-state index >= 15 is 0 Å². The number of hydrogen-bond donors (Lipinski definition) is 3. The van der Waals surface area contributed by atoms with Gasteiger partial charge in [0.25, 0.3) is 0 Å². The van der Waals surface area contributed by atoms with Gasteiger partial charge in [0.1, 0.15) is 0 Å². The van der Waals surface area contributed by atoms with E-state index in [4.69, 9.17) is 0 Å². The Kier molecular flexibility index (Phi) is 7.78. The van der Waals surface area contributed by atoms with E-state index in [0.29, 0.717) is 0 Å². The van der Waals surface area contributed by atoms with E-state index in [1.807, 2.05) is 0 Å². The predicted octanol–water partition coefficient (Wildman–Crippen LogP) is 8.63. The summed E-state index contributed by atoms with van der Waals surface area (Å²) < 4.78 is 0. The molecular formula is C38H35N3S. The Balaban J connectivity index is 1.24. The highest BCUT2D eigenvalue weighted by Crippen LogP contribution is 2.37. The van der Waals surface area contributed by atoms with Crippen LogP contribution in [0.1, 0.15) is 58.3 Å². The zero-order chi connectivity index (χ0) is 28.3. The molecule has 0 saturated carbocycles. The molecular weight excluding hydrogens is 531 g/mol. The molecule has 5 aromatic rings. The van der Waals surface area contributed by atoms with Gasteiger partial charge < -0.3 is 0 Å². The van der Waals surface area contributed by atoms with E-state index < -0.39 is 0 Å². The van der Waals surface area contributed by atoms with E-state index in [1.165, 1.54) is 55.0 Å². The SMILES string of the molecule is CSc1ccccc1-c1ccccc1C1NC(c2ccccc2)NC(c2ccc(C3=CCCc4ccccc43)cc2)N1. The Hall–Kier alpha value is -3.93. The van der Waals surface area contributed by atoms with E-state index in [2.05, 4.69) is 156 Å². The summed E-state index contributed by atoms with van der Waals surface area (Å²) in [5.74, 6) is 0. The van der Waals surface area contributed by atoms with Crippen molar-refractivity contribution in [2.24, 2.45) is 0 Å². The van der Waals surface area contributed by atoms with Gasteiger partial charge in [-0.2, -0.15) is 0 Å². The average molecular weight is 566 g/mol. The Morgan fingerprint density at radius 3 is 1.90 bits per heavy atom. The van der Waals surface area contributed by atoms with Crippen LogP contribution in [0.4, 0.5) is 0 Å². The lowest BCUT2D eigenvalue weighted by atomic mass is 9.86. The highest BCUT2D eigenvalue weighted by Gasteiger charge is 2.31. The quantitative estimate of drug-likeness (QED) is 0.180. The molecule has 3 atom stereocenters. The molecule has 1 heterocycles. The van der Waals surface area contributed by atoms with Crippen LogP contribution in [0.5, 0.6) is 0 Å². The van der Waals surface area contributed by atoms with Crippen molar-refractivity contribution < 1.29 is 0 Å². The Bertz CT molecular complexity index is 1710. The van der Waals surface area contributed by atoms with Crippen LogP contribution in [0.25, 0.3) is 16.7 Å². The standard InChI is InChI=1S/C38H35N3S/c1-42-35-21-10-9-18-33(35)32-17-7-8-19-34(32)38-40-36(28-13-3-2-4-14-28)39-37(41-38)29-24-22-27(23-25-29)31-20-11-15-26-12-5-6-16-30(26)31/h2-10,12-14,16-25,36-41H,11,15H2,1H3. The molecule has 0 spiro atoms. The molecule has 5 aromatic carbocycles. The van der Waals surface area contributed by atoms with E-state index in [-0.39, 0.29) is 18.5 Å². The molecule has 1 aliphatic carbocycles. The van der Waals surface area contributed by atoms with Gasteiger partial charge in [0.2, 0.25) is 0 Å². The van der Waals surface area contributed by atoms with Crippen molar-refractivity contribution in [1.82, 2.24) is 16.0 Å². The molecule has 208 valence electrons. The fourth-order valence-electron chi connectivity index (χ4n) is 6.33. The second kappa shape index (κ2) is 12.1. The molecule has 0 bridgehead atoms. The van der Waals surface area contributed by atoms with Gasteiger partial charge in [-0.05, 0) is 75.2 Å². The molecule has 7 rings (SSSR count). The third-order valence-electron chi connectivity index (χ3n) is 8.43. The lowest BCUT2D eigenvalue weighted by molar-refractivity contribution is 0.203. The van der Waals surface area contributed by atoms with Crippen molar-refractivity contribution in [2.45, 2.75) is 36.2 Å². The molecule has 0 amide bonds. The molecule has 1 saturated heterocycles. The van der Waals surface area contributed by atoms with Crippen molar-refractivity contribution in [3.05, 3.63) is 167 Å². The zero-order valence-corrected chi connectivity index (χ0v) is 24.6. The minimum absolute atomic E-state index is 0.0149. The normalized spacial score (nSPS) is 20.0. The van der Waals surface area contributed by atoms with Crippen molar-refractivity contribution in [1.29, 1.82) is 0 Å². The molecule has 1 fully saturated rings. The summed E-state index contributed by atoms with van der Waals surface area (Å²) in [7, 11) is 0. The highest BCUT2D eigenvalue weighted by molar-refractivity contribution is 7.98. The molecule has 2 aliphatic rings. The van der Waals surface area contributed by atoms with Crippen LogP contribution in [-0.2, 0) is 6.42 Å². The minimum atomic E-state index is -0.0554. The second-order valence-electron chi connectivity index (χ2n) is 10.9. The van der Waals surface area contributed by atoms with Crippen LogP contribution >= 0.6 is 11.8 Å². The molecule has 3 unspecified atom stereocenters. The lowest BCUT2D eigenvalue weighted by Gasteiger charge is -2.40. The number of thioether (sulfide) groups is 1. The van der Waals surface area contributed by atoms with Crippen molar-refractivity contribution in [3.63, 3.8) is 0 Å². The summed E-state index contributed by atoms with van der Waals surface area (Å²) in [5.41, 5.74) is 11.6. The van der Waals surface area contributed by atoms with Crippen LogP contribution in [0.15, 0.2) is 138 Å². The van der Waals surface area contributed by atoms with Gasteiger partial charge in [-0.1, -0.05) is 127 Å². The Morgan fingerprint density at radius 2 is 1.14 bits per heavy atom. The summed E-state index contributed by atoms with van der Waals surface area (Å²) in [4.78, 5) is 1.28. The molecule has 4 heteroatoms. The second-order valence-corrected chi connectivity index (χ2v) is 11.8. The van der Waals surface area contributed by atoms with E-state index in [9.17, 15) is 0 Å². The number of nitrogens with one attached hydrogen (secondary N) is 3. The molecule has 3 nitrogen and oxygen atoms in total. The van der Waals surface area contributed by atoms with E-state index in [1.54, 1.807) is 11.8 Å². The van der Waals surface area contributed by atoms with Crippen molar-refractivity contribution in [2.75, 3.05) is 6.26 Å². The maximum absolute atomic E-state index is 3.90. The molecule has 0 aromatic heterocycles. The maximum Gasteiger partial charge on any atom is 0.0870 e. The fourth-order valence-corrected chi connectivity index (χ4v) is 6.94. The number of hydrogen-bond acceptors (Lipinski definition) is 4. The Labute approximate surface area is 253 Å². The first kappa shape index (κ1) is 26.9. The first-order chi connectivity index (χ1) is 20.8. The van der Waals surface area contributed by atoms with Crippen LogP contribution in [0.2, 0.25) is 0 Å². The first-order valence-corrected chi connectivity index (χ1v) is 15.9. The summed E-state index contributed by atoms with van der Waals surface area (Å²) in [6.07, 6.45) is 6.64. The van der Waals surface area contributed by atoms with Gasteiger partial charge in [-0.3, -0.25) is 16.0 Å². The lowest BCUT2D eigenvalue weighted by Crippen LogP contribution is -2.54. The summed E-state index contributed by atoms with van der Waals surface area (Å²) in [6.45, 7) is 0. The van der Waals surface area contributed by atoms with Crippen LogP contribution in [0.3, 0.4) is 0 Å². The third kappa shape index (κ3) is 5.35. The van der Waals surface area contributed by atoms with Gasteiger partial charge >= 0.3 is 0 Å². The largest absolute Gasteiger partial charge is 0.279 e. The monoisotopic (exact) mass is 565 g/mol. The van der Waals surface area contributed by atoms with Gasteiger partial charge in [0, 0.05) is 4.90 Å². The molecule has 3 N–H and O–H groups in total. The topological polar surface area (TPSA) is 36.1 Å². The van der Waals surface area contributed by atoms with Crippen LogP contribution in [0, 0.1) is 0 Å². The number of fused-ring (bicyclic) bond motifs is 1. The molecule has 42 heavy (non-hydrogen) atoms. The zero-order valence-electron chi connectivity index (χ0n) is 23.8. The van der Waals surface area contributed by atoms with Crippen molar-refractivity contribution >= 4 is 17.3 Å². The fraction of sp³-hybridized carbons (Fsp3) is 0.158.